The summed E-state index contributed by atoms with van der Waals surface area (Å²) in [6.07, 6.45) is 7.71. The third-order valence-corrected chi connectivity index (χ3v) is 2.16. The van der Waals surface area contributed by atoms with Gasteiger partial charge in [-0.1, -0.05) is 62.4 Å². The first-order chi connectivity index (χ1) is 5.70. The van der Waals surface area contributed by atoms with Gasteiger partial charge < -0.3 is 0 Å². The van der Waals surface area contributed by atoms with E-state index in [1.807, 2.05) is 6.08 Å². The van der Waals surface area contributed by atoms with Crippen LogP contribution in [0.4, 0.5) is 0 Å². The van der Waals surface area contributed by atoms with Crippen LogP contribution in [0.15, 0.2) is 10.6 Å². The molecule has 0 aromatic carbocycles. The molecule has 12 heavy (non-hydrogen) atoms. The van der Waals surface area contributed by atoms with Gasteiger partial charge in [0.25, 0.3) is 0 Å². The van der Waals surface area contributed by atoms with Gasteiger partial charge in [-0.3, -0.25) is 0 Å². The summed E-state index contributed by atoms with van der Waals surface area (Å²) in [6.45, 7) is 6.05. The third-order valence-electron chi connectivity index (χ3n) is 1.91. The molecule has 0 heterocycles. The lowest BCUT2D eigenvalue weighted by Gasteiger charge is -2.08. The summed E-state index contributed by atoms with van der Waals surface area (Å²) in [5, 5.41) is 0. The summed E-state index contributed by atoms with van der Waals surface area (Å²) >= 11 is 11.1. The van der Waals surface area contributed by atoms with E-state index in [1.165, 1.54) is 19.3 Å². The quantitative estimate of drug-likeness (QED) is 0.553. The molecule has 0 aromatic rings. The van der Waals surface area contributed by atoms with Gasteiger partial charge in [0, 0.05) is 0 Å². The lowest BCUT2D eigenvalue weighted by atomic mass is 9.99. The summed E-state index contributed by atoms with van der Waals surface area (Å²) in [6, 6.07) is 0. The summed E-state index contributed by atoms with van der Waals surface area (Å²) in [4.78, 5) is 0. The molecule has 71 valence electrons. The zero-order valence-corrected chi connectivity index (χ0v) is 9.17. The second kappa shape index (κ2) is 7.94. The maximum atomic E-state index is 5.56. The number of hydrogen-bond acceptors (Lipinski definition) is 0. The first-order valence-corrected chi connectivity index (χ1v) is 5.28. The Kier molecular flexibility index (Phi) is 8.15. The molecule has 1 unspecified atom stereocenters. The maximum absolute atomic E-state index is 5.56. The lowest BCUT2D eigenvalue weighted by Crippen LogP contribution is -1.94. The molecule has 0 spiro atoms. The molecular weight excluding hydrogens is 191 g/mol. The number of allylic oxidation sites excluding steroid dienone is 1. The zero-order chi connectivity index (χ0) is 9.40. The van der Waals surface area contributed by atoms with Gasteiger partial charge >= 0.3 is 0 Å². The van der Waals surface area contributed by atoms with Gasteiger partial charge in [-0.15, -0.1) is 0 Å². The van der Waals surface area contributed by atoms with E-state index in [0.717, 1.165) is 12.8 Å². The van der Waals surface area contributed by atoms with E-state index < -0.39 is 0 Å². The number of rotatable bonds is 6. The Balaban J connectivity index is 3.61. The smallest absolute Gasteiger partial charge is 0.0712 e. The average molecular weight is 208 g/mol. The number of hydrogen-bond donors (Lipinski definition) is 0. The van der Waals surface area contributed by atoms with Crippen LogP contribution in [0.2, 0.25) is 0 Å². The Morgan fingerprint density at radius 2 is 2.08 bits per heavy atom. The molecule has 0 amide bonds. The van der Waals surface area contributed by atoms with Crippen LogP contribution in [0.5, 0.6) is 0 Å². The highest BCUT2D eigenvalue weighted by Crippen LogP contribution is 2.19. The van der Waals surface area contributed by atoms with Gasteiger partial charge in [-0.05, 0) is 18.8 Å². The molecular formula is C10H17Cl2. The molecule has 0 N–H and O–H groups in total. The largest absolute Gasteiger partial charge is 0.103 e. The van der Waals surface area contributed by atoms with Gasteiger partial charge in [0.15, 0.2) is 0 Å². The molecule has 0 bridgehead atoms. The fraction of sp³-hybridized carbons (Fsp3) is 0.700. The Morgan fingerprint density at radius 3 is 2.50 bits per heavy atom. The first kappa shape index (κ1) is 12.3. The predicted octanol–water partition coefficient (Wildman–Crippen LogP) is 4.73. The number of unbranched alkanes of at least 4 members (excludes halogenated alkanes) is 2. The van der Waals surface area contributed by atoms with Crippen LogP contribution in [0.1, 0.15) is 39.0 Å². The Hall–Kier alpha value is 0.320. The topological polar surface area (TPSA) is 0 Å². The lowest BCUT2D eigenvalue weighted by molar-refractivity contribution is 0.543. The Labute approximate surface area is 85.9 Å². The summed E-state index contributed by atoms with van der Waals surface area (Å²) in [5.41, 5.74) is 0. The van der Waals surface area contributed by atoms with Gasteiger partial charge in [0.1, 0.15) is 4.49 Å². The predicted molar refractivity (Wildman–Crippen MR) is 57.4 cm³/mol. The van der Waals surface area contributed by atoms with Crippen molar-refractivity contribution in [3.05, 3.63) is 17.5 Å². The Bertz CT molecular complexity index is 126. The van der Waals surface area contributed by atoms with E-state index in [9.17, 15) is 0 Å². The Morgan fingerprint density at radius 1 is 1.42 bits per heavy atom. The van der Waals surface area contributed by atoms with E-state index in [2.05, 4.69) is 13.8 Å². The average Bonchev–Trinajstić information content (AvgIpc) is 2.02. The van der Waals surface area contributed by atoms with Crippen LogP contribution in [0.3, 0.4) is 0 Å². The molecule has 1 radical (unpaired) electrons. The molecule has 0 saturated carbocycles. The summed E-state index contributed by atoms with van der Waals surface area (Å²) < 4.78 is 0.375. The van der Waals surface area contributed by atoms with Crippen molar-refractivity contribution in [3.8, 4) is 0 Å². The van der Waals surface area contributed by atoms with Crippen LogP contribution in [0, 0.1) is 12.8 Å². The maximum Gasteiger partial charge on any atom is 0.103 e. The van der Waals surface area contributed by atoms with Gasteiger partial charge in [-0.2, -0.15) is 0 Å². The fourth-order valence-electron chi connectivity index (χ4n) is 1.15. The van der Waals surface area contributed by atoms with Crippen LogP contribution in [0.25, 0.3) is 0 Å². The normalized spacial score (nSPS) is 12.7. The van der Waals surface area contributed by atoms with Crippen molar-refractivity contribution in [1.82, 2.24) is 0 Å². The molecule has 0 aromatic heterocycles. The molecule has 2 heteroatoms. The van der Waals surface area contributed by atoms with Gasteiger partial charge in [0.05, 0.1) is 0 Å². The highest BCUT2D eigenvalue weighted by Gasteiger charge is 2.02. The first-order valence-electron chi connectivity index (χ1n) is 4.52. The molecule has 0 aliphatic heterocycles. The minimum Gasteiger partial charge on any atom is -0.0712 e. The van der Waals surface area contributed by atoms with Crippen LogP contribution < -0.4 is 0 Å². The minimum absolute atomic E-state index is 0.375. The molecule has 0 aliphatic carbocycles. The van der Waals surface area contributed by atoms with Crippen LogP contribution >= 0.6 is 23.2 Å². The fourth-order valence-corrected chi connectivity index (χ4v) is 1.50. The zero-order valence-electron chi connectivity index (χ0n) is 7.65. The molecule has 0 fully saturated rings. The van der Waals surface area contributed by atoms with Crippen LogP contribution in [-0.4, -0.2) is 0 Å². The van der Waals surface area contributed by atoms with Gasteiger partial charge in [-0.25, -0.2) is 0 Å². The summed E-state index contributed by atoms with van der Waals surface area (Å²) in [5.74, 6) is 0.460. The van der Waals surface area contributed by atoms with E-state index in [-0.39, 0.29) is 0 Å². The molecule has 0 saturated heterocycles. The molecule has 1 atom stereocenters. The van der Waals surface area contributed by atoms with Crippen molar-refractivity contribution in [2.45, 2.75) is 39.0 Å². The molecule has 0 nitrogen and oxygen atoms in total. The van der Waals surface area contributed by atoms with Crippen molar-refractivity contribution in [2.75, 3.05) is 0 Å². The molecule has 0 rings (SSSR count). The highest BCUT2D eigenvalue weighted by atomic mass is 35.5. The van der Waals surface area contributed by atoms with E-state index in [1.54, 1.807) is 0 Å². The van der Waals surface area contributed by atoms with Crippen molar-refractivity contribution in [1.29, 1.82) is 0 Å². The van der Waals surface area contributed by atoms with E-state index >= 15 is 0 Å². The van der Waals surface area contributed by atoms with Crippen molar-refractivity contribution in [2.24, 2.45) is 5.92 Å². The summed E-state index contributed by atoms with van der Waals surface area (Å²) in [7, 11) is 0. The van der Waals surface area contributed by atoms with Crippen molar-refractivity contribution < 1.29 is 0 Å². The van der Waals surface area contributed by atoms with Crippen LogP contribution in [-0.2, 0) is 0 Å². The van der Waals surface area contributed by atoms with E-state index in [0.29, 0.717) is 10.4 Å². The van der Waals surface area contributed by atoms with Gasteiger partial charge in [0.2, 0.25) is 0 Å². The third kappa shape index (κ3) is 7.00. The van der Waals surface area contributed by atoms with Crippen molar-refractivity contribution >= 4 is 23.2 Å². The minimum atomic E-state index is 0.375. The molecule has 0 aliphatic rings. The highest BCUT2D eigenvalue weighted by molar-refractivity contribution is 6.55. The van der Waals surface area contributed by atoms with Crippen molar-refractivity contribution in [3.63, 3.8) is 0 Å². The standard InChI is InChI=1S/C10H17Cl2/c1-3-5-6-7-9(4-2)8-10(11)12/h8-9H,2-7H2,1H3. The SMILES string of the molecule is [CH2]CC(C=C(Cl)Cl)CCCCC. The second-order valence-corrected chi connectivity index (χ2v) is 4.01. The monoisotopic (exact) mass is 207 g/mol. The second-order valence-electron chi connectivity index (χ2n) is 3.00. The van der Waals surface area contributed by atoms with E-state index in [4.69, 9.17) is 23.2 Å². The number of halogens is 2.